The lowest BCUT2D eigenvalue weighted by Crippen LogP contribution is -2.36. The van der Waals surface area contributed by atoms with E-state index in [-0.39, 0.29) is 24.0 Å². The average Bonchev–Trinajstić information content (AvgIpc) is 2.76. The summed E-state index contributed by atoms with van der Waals surface area (Å²) >= 11 is 0. The van der Waals surface area contributed by atoms with Gasteiger partial charge in [0.05, 0.1) is 25.9 Å². The fourth-order valence-corrected chi connectivity index (χ4v) is 1.70. The number of hydrogen-bond acceptors (Lipinski definition) is 5. The molecule has 5 nitrogen and oxygen atoms in total. The molecule has 114 valence electrons. The molecule has 1 aromatic heterocycles. The number of nitrogens with zero attached hydrogens (tertiary/aromatic N) is 2. The molecule has 0 unspecified atom stereocenters. The Morgan fingerprint density at radius 1 is 1.45 bits per heavy atom. The maximum atomic E-state index is 11.6. The first-order valence-electron chi connectivity index (χ1n) is 7.09. The Hall–Kier alpha value is -1.36. The molecule has 0 aliphatic rings. The van der Waals surface area contributed by atoms with Crippen molar-refractivity contribution < 1.29 is 13.9 Å². The summed E-state index contributed by atoms with van der Waals surface area (Å²) in [6, 6.07) is 0.212. The number of rotatable bonds is 6. The molecule has 0 saturated carbocycles. The number of esters is 1. The van der Waals surface area contributed by atoms with Crippen molar-refractivity contribution >= 4 is 5.97 Å². The molecule has 1 heterocycles. The van der Waals surface area contributed by atoms with E-state index in [9.17, 15) is 4.79 Å². The first-order chi connectivity index (χ1) is 9.24. The van der Waals surface area contributed by atoms with Crippen LogP contribution in [0.5, 0.6) is 0 Å². The zero-order chi connectivity index (χ0) is 15.3. The number of ether oxygens (including phenoxy) is 1. The average molecular weight is 282 g/mol. The molecule has 1 rings (SSSR count). The van der Waals surface area contributed by atoms with Crippen LogP contribution in [0.1, 0.15) is 53.2 Å². The number of aromatic nitrogens is 1. The first-order valence-corrected chi connectivity index (χ1v) is 7.09. The van der Waals surface area contributed by atoms with Crippen molar-refractivity contribution in [3.05, 3.63) is 17.8 Å². The van der Waals surface area contributed by atoms with Crippen LogP contribution in [0.2, 0.25) is 0 Å². The summed E-state index contributed by atoms with van der Waals surface area (Å²) in [7, 11) is 0. The minimum atomic E-state index is -0.219. The van der Waals surface area contributed by atoms with Crippen LogP contribution < -0.4 is 0 Å². The van der Waals surface area contributed by atoms with Gasteiger partial charge in [0.2, 0.25) is 5.89 Å². The van der Waals surface area contributed by atoms with E-state index in [4.69, 9.17) is 9.15 Å². The fraction of sp³-hybridized carbons (Fsp3) is 0.733. The van der Waals surface area contributed by atoms with Crippen LogP contribution in [0.25, 0.3) is 0 Å². The maximum absolute atomic E-state index is 11.6. The lowest BCUT2D eigenvalue weighted by molar-refractivity contribution is -0.145. The van der Waals surface area contributed by atoms with Crippen LogP contribution in [-0.4, -0.2) is 35.0 Å². The monoisotopic (exact) mass is 282 g/mol. The number of oxazole rings is 1. The molecule has 0 radical (unpaired) electrons. The van der Waals surface area contributed by atoms with E-state index in [0.717, 1.165) is 5.76 Å². The Morgan fingerprint density at radius 3 is 2.55 bits per heavy atom. The molecule has 0 amide bonds. The summed E-state index contributed by atoms with van der Waals surface area (Å²) in [6.07, 6.45) is 1.76. The van der Waals surface area contributed by atoms with E-state index in [1.54, 1.807) is 13.1 Å². The second-order valence-corrected chi connectivity index (χ2v) is 6.17. The molecular weight excluding hydrogens is 256 g/mol. The van der Waals surface area contributed by atoms with Gasteiger partial charge in [-0.2, -0.15) is 0 Å². The Morgan fingerprint density at radius 2 is 2.10 bits per heavy atom. The van der Waals surface area contributed by atoms with E-state index in [0.29, 0.717) is 19.0 Å². The van der Waals surface area contributed by atoms with Gasteiger partial charge in [0, 0.05) is 11.5 Å². The molecule has 0 aliphatic carbocycles. The summed E-state index contributed by atoms with van der Waals surface area (Å²) in [5.74, 6) is 1.27. The van der Waals surface area contributed by atoms with Gasteiger partial charge >= 0.3 is 5.97 Å². The smallest absolute Gasteiger partial charge is 0.320 e. The molecule has 1 aromatic rings. The van der Waals surface area contributed by atoms with E-state index >= 15 is 0 Å². The third kappa shape index (κ3) is 4.96. The highest BCUT2D eigenvalue weighted by molar-refractivity contribution is 5.71. The Kier molecular flexibility index (Phi) is 5.74. The highest BCUT2D eigenvalue weighted by atomic mass is 16.5. The van der Waals surface area contributed by atoms with Gasteiger partial charge < -0.3 is 9.15 Å². The van der Waals surface area contributed by atoms with Gasteiger partial charge in [-0.25, -0.2) is 4.98 Å². The maximum Gasteiger partial charge on any atom is 0.320 e. The van der Waals surface area contributed by atoms with E-state index < -0.39 is 0 Å². The van der Waals surface area contributed by atoms with Gasteiger partial charge in [0.25, 0.3) is 0 Å². The minimum absolute atomic E-state index is 0.0605. The van der Waals surface area contributed by atoms with Crippen molar-refractivity contribution in [2.24, 2.45) is 0 Å². The zero-order valence-electron chi connectivity index (χ0n) is 13.4. The summed E-state index contributed by atoms with van der Waals surface area (Å²) in [6.45, 7) is 13.3. The largest absolute Gasteiger partial charge is 0.465 e. The summed E-state index contributed by atoms with van der Waals surface area (Å²) < 4.78 is 10.8. The highest BCUT2D eigenvalue weighted by Crippen LogP contribution is 2.23. The van der Waals surface area contributed by atoms with Crippen LogP contribution in [0.15, 0.2) is 10.6 Å². The lowest BCUT2D eigenvalue weighted by atomic mass is 9.94. The highest BCUT2D eigenvalue weighted by Gasteiger charge is 2.22. The lowest BCUT2D eigenvalue weighted by Gasteiger charge is -2.23. The van der Waals surface area contributed by atoms with Crippen molar-refractivity contribution in [2.45, 2.75) is 59.5 Å². The van der Waals surface area contributed by atoms with Gasteiger partial charge in [-0.05, 0) is 20.8 Å². The molecular formula is C15H26N2O3. The molecule has 0 spiro atoms. The third-order valence-electron chi connectivity index (χ3n) is 3.00. The predicted molar refractivity (Wildman–Crippen MR) is 77.4 cm³/mol. The quantitative estimate of drug-likeness (QED) is 0.751. The molecule has 0 fully saturated rings. The summed E-state index contributed by atoms with van der Waals surface area (Å²) in [5, 5.41) is 0. The SMILES string of the molecule is CCOC(=O)CN(Cc1ncc(C(C)(C)C)o1)C(C)C. The normalized spacial score (nSPS) is 12.2. The van der Waals surface area contributed by atoms with Gasteiger partial charge in [-0.1, -0.05) is 20.8 Å². The van der Waals surface area contributed by atoms with Gasteiger partial charge in [-0.15, -0.1) is 0 Å². The molecule has 0 atom stereocenters. The first kappa shape index (κ1) is 16.7. The van der Waals surface area contributed by atoms with Crippen LogP contribution in [0, 0.1) is 0 Å². The Bertz CT molecular complexity index is 433. The third-order valence-corrected chi connectivity index (χ3v) is 3.00. The summed E-state index contributed by atoms with van der Waals surface area (Å²) in [4.78, 5) is 17.9. The minimum Gasteiger partial charge on any atom is -0.465 e. The van der Waals surface area contributed by atoms with Crippen LogP contribution in [0.4, 0.5) is 0 Å². The van der Waals surface area contributed by atoms with E-state index in [2.05, 4.69) is 25.8 Å². The van der Waals surface area contributed by atoms with Crippen LogP contribution >= 0.6 is 0 Å². The number of carbonyl (C=O) groups is 1. The molecule has 0 saturated heterocycles. The van der Waals surface area contributed by atoms with E-state index in [1.165, 1.54) is 0 Å². The Balaban J connectivity index is 2.71. The topological polar surface area (TPSA) is 55.6 Å². The molecule has 5 heteroatoms. The number of hydrogen-bond donors (Lipinski definition) is 0. The van der Waals surface area contributed by atoms with Crippen LogP contribution in [0.3, 0.4) is 0 Å². The molecule has 0 aromatic carbocycles. The predicted octanol–water partition coefficient (Wildman–Crippen LogP) is 2.75. The van der Waals surface area contributed by atoms with Crippen molar-refractivity contribution in [1.82, 2.24) is 9.88 Å². The zero-order valence-corrected chi connectivity index (χ0v) is 13.4. The van der Waals surface area contributed by atoms with Gasteiger partial charge in [-0.3, -0.25) is 9.69 Å². The van der Waals surface area contributed by atoms with Gasteiger partial charge in [0.15, 0.2) is 0 Å². The summed E-state index contributed by atoms with van der Waals surface area (Å²) in [5.41, 5.74) is -0.0605. The Labute approximate surface area is 121 Å². The van der Waals surface area contributed by atoms with Crippen LogP contribution in [-0.2, 0) is 21.5 Å². The van der Waals surface area contributed by atoms with Crippen molar-refractivity contribution in [3.63, 3.8) is 0 Å². The van der Waals surface area contributed by atoms with Gasteiger partial charge in [0.1, 0.15) is 5.76 Å². The van der Waals surface area contributed by atoms with Crippen molar-refractivity contribution in [3.8, 4) is 0 Å². The van der Waals surface area contributed by atoms with Crippen molar-refractivity contribution in [1.29, 1.82) is 0 Å². The van der Waals surface area contributed by atoms with E-state index in [1.807, 2.05) is 18.7 Å². The standard InChI is InChI=1S/C15H26N2O3/c1-7-19-14(18)10-17(11(2)3)9-13-16-8-12(20-13)15(4,5)6/h8,11H,7,9-10H2,1-6H3. The molecule has 0 aliphatic heterocycles. The number of carbonyl (C=O) groups excluding carboxylic acids is 1. The fourth-order valence-electron chi connectivity index (χ4n) is 1.70. The second kappa shape index (κ2) is 6.88. The second-order valence-electron chi connectivity index (χ2n) is 6.17. The van der Waals surface area contributed by atoms with Crippen molar-refractivity contribution in [2.75, 3.05) is 13.2 Å². The molecule has 0 N–H and O–H groups in total. The molecule has 0 bridgehead atoms. The molecule has 20 heavy (non-hydrogen) atoms.